The lowest BCUT2D eigenvalue weighted by Crippen LogP contribution is -2.31. The summed E-state index contributed by atoms with van der Waals surface area (Å²) >= 11 is 0. The molecule has 2 heterocycles. The molecule has 1 aliphatic carbocycles. The van der Waals surface area contributed by atoms with E-state index in [1.54, 1.807) is 6.20 Å². The van der Waals surface area contributed by atoms with Crippen LogP contribution >= 0.6 is 0 Å². The van der Waals surface area contributed by atoms with Gasteiger partial charge < -0.3 is 5.32 Å². The molecule has 2 aromatic heterocycles. The molecule has 1 aromatic carbocycles. The van der Waals surface area contributed by atoms with Gasteiger partial charge in [-0.25, -0.2) is 14.2 Å². The smallest absolute Gasteiger partial charge is 0.320 e. The molecule has 1 fully saturated rings. The first kappa shape index (κ1) is 17.3. The van der Waals surface area contributed by atoms with Gasteiger partial charge in [-0.2, -0.15) is 10.2 Å². The molecule has 27 heavy (non-hydrogen) atoms. The van der Waals surface area contributed by atoms with Crippen LogP contribution in [0.2, 0.25) is 0 Å². The third-order valence-electron chi connectivity index (χ3n) is 4.94. The molecule has 0 radical (unpaired) electrons. The number of anilines is 1. The Kier molecular flexibility index (Phi) is 5.18. The molecular formula is C20H24N6O. The van der Waals surface area contributed by atoms with Crippen LogP contribution in [0.4, 0.5) is 10.6 Å². The molecule has 7 nitrogen and oxygen atoms in total. The standard InChI is InChI=1S/C20H24N6O/c27-20(24-19-11-13-22-26(19)18-8-4-5-9-18)21-12-10-16-14-23-25(15-16)17-6-2-1-3-7-17/h1-3,6-7,11,13-15,18H,4-5,8-10,12H2,(H2,21,24,27). The zero-order valence-corrected chi connectivity index (χ0v) is 15.2. The number of benzene rings is 1. The Balaban J connectivity index is 1.27. The molecule has 1 saturated carbocycles. The van der Waals surface area contributed by atoms with Crippen molar-refractivity contribution in [2.24, 2.45) is 0 Å². The van der Waals surface area contributed by atoms with Crippen molar-refractivity contribution in [2.45, 2.75) is 38.1 Å². The van der Waals surface area contributed by atoms with Crippen LogP contribution < -0.4 is 10.6 Å². The van der Waals surface area contributed by atoms with E-state index in [2.05, 4.69) is 20.8 Å². The van der Waals surface area contributed by atoms with Crippen molar-refractivity contribution in [1.82, 2.24) is 24.9 Å². The van der Waals surface area contributed by atoms with Crippen LogP contribution in [0.5, 0.6) is 0 Å². The van der Waals surface area contributed by atoms with Crippen LogP contribution in [0, 0.1) is 0 Å². The normalized spacial score (nSPS) is 14.4. The maximum atomic E-state index is 12.2. The highest BCUT2D eigenvalue weighted by Gasteiger charge is 2.20. The Morgan fingerprint density at radius 2 is 1.93 bits per heavy atom. The van der Waals surface area contributed by atoms with Gasteiger partial charge in [-0.3, -0.25) is 5.32 Å². The highest BCUT2D eigenvalue weighted by Crippen LogP contribution is 2.31. The van der Waals surface area contributed by atoms with E-state index in [0.717, 1.165) is 36.3 Å². The van der Waals surface area contributed by atoms with Crippen molar-refractivity contribution in [3.05, 3.63) is 60.6 Å². The fourth-order valence-electron chi connectivity index (χ4n) is 3.55. The van der Waals surface area contributed by atoms with E-state index >= 15 is 0 Å². The molecule has 4 rings (SSSR count). The third kappa shape index (κ3) is 4.19. The van der Waals surface area contributed by atoms with E-state index in [9.17, 15) is 4.79 Å². The fraction of sp³-hybridized carbons (Fsp3) is 0.350. The topological polar surface area (TPSA) is 76.8 Å². The summed E-state index contributed by atoms with van der Waals surface area (Å²) in [5.41, 5.74) is 2.10. The van der Waals surface area contributed by atoms with Crippen molar-refractivity contribution >= 4 is 11.8 Å². The number of nitrogens with one attached hydrogen (secondary N) is 2. The Morgan fingerprint density at radius 3 is 2.74 bits per heavy atom. The number of para-hydroxylation sites is 1. The van der Waals surface area contributed by atoms with E-state index in [1.807, 2.05) is 58.2 Å². The number of aromatic nitrogens is 4. The largest absolute Gasteiger partial charge is 0.337 e. The first-order valence-corrected chi connectivity index (χ1v) is 9.47. The highest BCUT2D eigenvalue weighted by atomic mass is 16.2. The summed E-state index contributed by atoms with van der Waals surface area (Å²) in [7, 11) is 0. The van der Waals surface area contributed by atoms with Crippen molar-refractivity contribution in [3.63, 3.8) is 0 Å². The van der Waals surface area contributed by atoms with E-state index in [1.165, 1.54) is 12.8 Å². The average molecular weight is 364 g/mol. The number of hydrogen-bond donors (Lipinski definition) is 2. The average Bonchev–Trinajstić information content (AvgIpc) is 3.44. The lowest BCUT2D eigenvalue weighted by atomic mass is 10.2. The van der Waals surface area contributed by atoms with Gasteiger partial charge in [0.2, 0.25) is 0 Å². The molecule has 3 aromatic rings. The quantitative estimate of drug-likeness (QED) is 0.702. The molecule has 1 aliphatic rings. The Hall–Kier alpha value is -3.09. The summed E-state index contributed by atoms with van der Waals surface area (Å²) in [4.78, 5) is 12.2. The van der Waals surface area contributed by atoms with Crippen molar-refractivity contribution in [1.29, 1.82) is 0 Å². The van der Waals surface area contributed by atoms with Gasteiger partial charge in [-0.1, -0.05) is 31.0 Å². The molecule has 0 aliphatic heterocycles. The molecule has 2 amide bonds. The Bertz CT molecular complexity index is 879. The number of urea groups is 1. The summed E-state index contributed by atoms with van der Waals surface area (Å²) in [5.74, 6) is 0.760. The second-order valence-corrected chi connectivity index (χ2v) is 6.86. The molecule has 0 unspecified atom stereocenters. The second kappa shape index (κ2) is 8.07. The van der Waals surface area contributed by atoms with Crippen LogP contribution in [-0.2, 0) is 6.42 Å². The number of amides is 2. The van der Waals surface area contributed by atoms with Gasteiger partial charge in [-0.05, 0) is 37.0 Å². The summed E-state index contributed by atoms with van der Waals surface area (Å²) < 4.78 is 3.78. The summed E-state index contributed by atoms with van der Waals surface area (Å²) in [5, 5.41) is 14.6. The third-order valence-corrected chi connectivity index (χ3v) is 4.94. The minimum absolute atomic E-state index is 0.204. The van der Waals surface area contributed by atoms with Crippen LogP contribution in [0.3, 0.4) is 0 Å². The van der Waals surface area contributed by atoms with Crippen LogP contribution in [0.1, 0.15) is 37.3 Å². The minimum atomic E-state index is -0.204. The van der Waals surface area contributed by atoms with E-state index in [4.69, 9.17) is 0 Å². The molecule has 140 valence electrons. The van der Waals surface area contributed by atoms with E-state index in [-0.39, 0.29) is 6.03 Å². The van der Waals surface area contributed by atoms with Gasteiger partial charge in [-0.15, -0.1) is 0 Å². The number of rotatable bonds is 6. The van der Waals surface area contributed by atoms with E-state index in [0.29, 0.717) is 12.6 Å². The van der Waals surface area contributed by atoms with Crippen LogP contribution in [0.25, 0.3) is 5.69 Å². The van der Waals surface area contributed by atoms with Crippen molar-refractivity contribution in [3.8, 4) is 5.69 Å². The lowest BCUT2D eigenvalue weighted by molar-refractivity contribution is 0.252. The number of carbonyl (C=O) groups is 1. The molecule has 0 spiro atoms. The van der Waals surface area contributed by atoms with Gasteiger partial charge in [0.25, 0.3) is 0 Å². The lowest BCUT2D eigenvalue weighted by Gasteiger charge is -2.14. The molecule has 0 atom stereocenters. The van der Waals surface area contributed by atoms with Gasteiger partial charge in [0.05, 0.1) is 24.1 Å². The van der Waals surface area contributed by atoms with Gasteiger partial charge in [0, 0.05) is 18.8 Å². The Labute approximate surface area is 158 Å². The molecule has 7 heteroatoms. The number of hydrogen-bond acceptors (Lipinski definition) is 3. The fourth-order valence-corrected chi connectivity index (χ4v) is 3.55. The molecular weight excluding hydrogens is 340 g/mol. The summed E-state index contributed by atoms with van der Waals surface area (Å²) in [6.45, 7) is 0.546. The monoisotopic (exact) mass is 364 g/mol. The predicted octanol–water partition coefficient (Wildman–Crippen LogP) is 3.55. The van der Waals surface area contributed by atoms with Gasteiger partial charge in [0.1, 0.15) is 5.82 Å². The second-order valence-electron chi connectivity index (χ2n) is 6.86. The maximum absolute atomic E-state index is 12.2. The number of carbonyl (C=O) groups excluding carboxylic acids is 1. The van der Waals surface area contributed by atoms with Crippen molar-refractivity contribution in [2.75, 3.05) is 11.9 Å². The van der Waals surface area contributed by atoms with Crippen LogP contribution in [0.15, 0.2) is 55.0 Å². The van der Waals surface area contributed by atoms with Gasteiger partial charge >= 0.3 is 6.03 Å². The van der Waals surface area contributed by atoms with Crippen LogP contribution in [-0.4, -0.2) is 32.1 Å². The van der Waals surface area contributed by atoms with E-state index < -0.39 is 0 Å². The maximum Gasteiger partial charge on any atom is 0.320 e. The number of nitrogens with zero attached hydrogens (tertiary/aromatic N) is 4. The van der Waals surface area contributed by atoms with Gasteiger partial charge in [0.15, 0.2) is 0 Å². The zero-order valence-electron chi connectivity index (χ0n) is 15.2. The highest BCUT2D eigenvalue weighted by molar-refractivity contribution is 5.88. The first-order valence-electron chi connectivity index (χ1n) is 9.47. The minimum Gasteiger partial charge on any atom is -0.337 e. The molecule has 0 saturated heterocycles. The zero-order chi connectivity index (χ0) is 18.5. The summed E-state index contributed by atoms with van der Waals surface area (Å²) in [6, 6.07) is 12.0. The Morgan fingerprint density at radius 1 is 1.11 bits per heavy atom. The first-order chi connectivity index (χ1) is 13.3. The molecule has 0 bridgehead atoms. The predicted molar refractivity (Wildman–Crippen MR) is 104 cm³/mol. The molecule has 2 N–H and O–H groups in total. The summed E-state index contributed by atoms with van der Waals surface area (Å²) in [6.07, 6.45) is 11.0. The SMILES string of the molecule is O=C(NCCc1cnn(-c2ccccc2)c1)Nc1ccnn1C1CCCC1. The van der Waals surface area contributed by atoms with Crippen molar-refractivity contribution < 1.29 is 4.79 Å².